The zero-order valence-corrected chi connectivity index (χ0v) is 14.6. The first-order valence-electron chi connectivity index (χ1n) is 8.88. The topological polar surface area (TPSA) is 37.0 Å². The lowest BCUT2D eigenvalue weighted by Gasteiger charge is -2.25. The van der Waals surface area contributed by atoms with Crippen LogP contribution in [0.4, 0.5) is 4.39 Å². The maximum Gasteiger partial charge on any atom is 0.123 e. The lowest BCUT2D eigenvalue weighted by Crippen LogP contribution is -2.30. The van der Waals surface area contributed by atoms with Crippen molar-refractivity contribution in [3.05, 3.63) is 65.1 Å². The third-order valence-electron chi connectivity index (χ3n) is 4.69. The highest BCUT2D eigenvalue weighted by Crippen LogP contribution is 2.34. The number of aromatic amines is 1. The minimum atomic E-state index is -0.187. The van der Waals surface area contributed by atoms with Crippen molar-refractivity contribution in [2.45, 2.75) is 26.3 Å². The van der Waals surface area contributed by atoms with Gasteiger partial charge in [-0.2, -0.15) is 0 Å². The fraction of sp³-hybridized carbons (Fsp3) is 0.333. The minimum absolute atomic E-state index is 0.0711. The van der Waals surface area contributed by atoms with E-state index in [1.807, 2.05) is 18.2 Å². The van der Waals surface area contributed by atoms with E-state index in [0.29, 0.717) is 12.5 Å². The molecule has 2 aromatic carbocycles. The molecular weight excluding hydrogens is 315 g/mol. The van der Waals surface area contributed by atoms with Gasteiger partial charge in [-0.25, -0.2) is 4.39 Å². The number of nitrogens with one attached hydrogen (secondary N) is 2. The Hall–Kier alpha value is -2.33. The Kier molecular flexibility index (Phi) is 4.22. The first-order chi connectivity index (χ1) is 12.1. The van der Waals surface area contributed by atoms with Crippen molar-refractivity contribution < 1.29 is 9.13 Å². The van der Waals surface area contributed by atoms with Gasteiger partial charge in [-0.1, -0.05) is 26.0 Å². The third-order valence-corrected chi connectivity index (χ3v) is 4.69. The zero-order chi connectivity index (χ0) is 17.4. The first-order valence-corrected chi connectivity index (χ1v) is 8.88. The van der Waals surface area contributed by atoms with Gasteiger partial charge in [-0.15, -0.1) is 0 Å². The summed E-state index contributed by atoms with van der Waals surface area (Å²) in [7, 11) is 0. The van der Waals surface area contributed by atoms with E-state index in [9.17, 15) is 4.39 Å². The summed E-state index contributed by atoms with van der Waals surface area (Å²) < 4.78 is 19.5. The molecule has 0 saturated carbocycles. The predicted molar refractivity (Wildman–Crippen MR) is 98.6 cm³/mol. The average molecular weight is 338 g/mol. The van der Waals surface area contributed by atoms with Crippen LogP contribution in [0, 0.1) is 11.7 Å². The second-order valence-electron chi connectivity index (χ2n) is 7.12. The Morgan fingerprint density at radius 2 is 2.08 bits per heavy atom. The fourth-order valence-electron chi connectivity index (χ4n) is 3.53. The van der Waals surface area contributed by atoms with Crippen LogP contribution in [-0.4, -0.2) is 18.1 Å². The first kappa shape index (κ1) is 16.2. The summed E-state index contributed by atoms with van der Waals surface area (Å²) in [6.45, 7) is 5.86. The Labute approximate surface area is 147 Å². The van der Waals surface area contributed by atoms with E-state index < -0.39 is 0 Å². The third kappa shape index (κ3) is 3.14. The highest BCUT2D eigenvalue weighted by molar-refractivity contribution is 5.85. The molecule has 1 aromatic heterocycles. The number of H-pyrrole nitrogens is 1. The molecule has 1 aliphatic rings. The van der Waals surface area contributed by atoms with Crippen LogP contribution in [0.5, 0.6) is 5.75 Å². The SMILES string of the molecule is CC(C)COc1cccc(C2NCCc3c2[nH]c2ccc(F)cc32)c1. The molecule has 0 fully saturated rings. The number of halogens is 1. The molecule has 4 heteroatoms. The van der Waals surface area contributed by atoms with Gasteiger partial charge < -0.3 is 15.0 Å². The number of aromatic nitrogens is 1. The summed E-state index contributed by atoms with van der Waals surface area (Å²) in [6, 6.07) is 13.3. The predicted octanol–water partition coefficient (Wildman–Crippen LogP) is 4.58. The molecule has 0 saturated heterocycles. The van der Waals surface area contributed by atoms with E-state index in [4.69, 9.17) is 4.74 Å². The summed E-state index contributed by atoms with van der Waals surface area (Å²) >= 11 is 0. The highest BCUT2D eigenvalue weighted by Gasteiger charge is 2.25. The van der Waals surface area contributed by atoms with Crippen molar-refractivity contribution in [1.82, 2.24) is 10.3 Å². The molecule has 130 valence electrons. The van der Waals surface area contributed by atoms with Crippen LogP contribution in [0.2, 0.25) is 0 Å². The summed E-state index contributed by atoms with van der Waals surface area (Å²) in [5.74, 6) is 1.20. The van der Waals surface area contributed by atoms with E-state index in [2.05, 4.69) is 36.3 Å². The van der Waals surface area contributed by atoms with Gasteiger partial charge in [0.2, 0.25) is 0 Å². The molecule has 3 nitrogen and oxygen atoms in total. The molecule has 1 unspecified atom stereocenters. The highest BCUT2D eigenvalue weighted by atomic mass is 19.1. The number of fused-ring (bicyclic) bond motifs is 3. The van der Waals surface area contributed by atoms with Crippen molar-refractivity contribution in [3.8, 4) is 5.75 Å². The molecule has 0 radical (unpaired) electrons. The Morgan fingerprint density at radius 1 is 1.20 bits per heavy atom. The molecule has 2 N–H and O–H groups in total. The van der Waals surface area contributed by atoms with Crippen molar-refractivity contribution in [3.63, 3.8) is 0 Å². The summed E-state index contributed by atoms with van der Waals surface area (Å²) in [4.78, 5) is 3.49. The van der Waals surface area contributed by atoms with Gasteiger partial charge in [0.1, 0.15) is 11.6 Å². The Morgan fingerprint density at radius 3 is 2.92 bits per heavy atom. The molecular formula is C21H23FN2O. The van der Waals surface area contributed by atoms with E-state index >= 15 is 0 Å². The van der Waals surface area contributed by atoms with E-state index in [1.165, 1.54) is 11.6 Å². The smallest absolute Gasteiger partial charge is 0.123 e. The summed E-state index contributed by atoms with van der Waals surface area (Å²) in [6.07, 6.45) is 0.902. The van der Waals surface area contributed by atoms with Crippen molar-refractivity contribution in [1.29, 1.82) is 0 Å². The van der Waals surface area contributed by atoms with Crippen LogP contribution in [0.3, 0.4) is 0 Å². The molecule has 2 heterocycles. The monoisotopic (exact) mass is 338 g/mol. The summed E-state index contributed by atoms with van der Waals surface area (Å²) in [5.41, 5.74) is 4.50. The molecule has 25 heavy (non-hydrogen) atoms. The van der Waals surface area contributed by atoms with Crippen LogP contribution in [0.25, 0.3) is 10.9 Å². The van der Waals surface area contributed by atoms with Gasteiger partial charge in [-0.3, -0.25) is 0 Å². The average Bonchev–Trinajstić information content (AvgIpc) is 2.98. The van der Waals surface area contributed by atoms with Gasteiger partial charge in [0.15, 0.2) is 0 Å². The number of hydrogen-bond donors (Lipinski definition) is 2. The van der Waals surface area contributed by atoms with Crippen molar-refractivity contribution in [2.75, 3.05) is 13.2 Å². The number of rotatable bonds is 4. The second-order valence-corrected chi connectivity index (χ2v) is 7.12. The molecule has 0 amide bonds. The van der Waals surface area contributed by atoms with Gasteiger partial charge in [0.05, 0.1) is 12.6 Å². The molecule has 4 rings (SSSR count). The van der Waals surface area contributed by atoms with E-state index in [1.54, 1.807) is 6.07 Å². The van der Waals surface area contributed by atoms with Crippen molar-refractivity contribution >= 4 is 10.9 Å². The lowest BCUT2D eigenvalue weighted by atomic mass is 9.94. The normalized spacial score (nSPS) is 17.0. The Bertz CT molecular complexity index is 900. The second kappa shape index (κ2) is 6.52. The molecule has 0 bridgehead atoms. The van der Waals surface area contributed by atoms with Gasteiger partial charge in [0.25, 0.3) is 0 Å². The number of benzene rings is 2. The molecule has 0 aliphatic carbocycles. The van der Waals surface area contributed by atoms with Crippen molar-refractivity contribution in [2.24, 2.45) is 5.92 Å². The zero-order valence-electron chi connectivity index (χ0n) is 14.6. The maximum absolute atomic E-state index is 13.7. The molecule has 1 aliphatic heterocycles. The largest absolute Gasteiger partial charge is 0.493 e. The number of hydrogen-bond acceptors (Lipinski definition) is 2. The van der Waals surface area contributed by atoms with E-state index in [-0.39, 0.29) is 11.9 Å². The van der Waals surface area contributed by atoms with Crippen LogP contribution in [-0.2, 0) is 6.42 Å². The summed E-state index contributed by atoms with van der Waals surface area (Å²) in [5, 5.41) is 4.57. The van der Waals surface area contributed by atoms with Crippen LogP contribution in [0.15, 0.2) is 42.5 Å². The molecule has 1 atom stereocenters. The Balaban J connectivity index is 1.71. The standard InChI is InChI=1S/C21H23FN2O/c1-13(2)12-25-16-5-3-4-14(10-16)20-21-17(8-9-23-20)18-11-15(22)6-7-19(18)24-21/h3-7,10-11,13,20,23-24H,8-9,12H2,1-2H3. The van der Waals surface area contributed by atoms with Gasteiger partial charge >= 0.3 is 0 Å². The lowest BCUT2D eigenvalue weighted by molar-refractivity contribution is 0.270. The molecule has 0 spiro atoms. The van der Waals surface area contributed by atoms with Crippen LogP contribution < -0.4 is 10.1 Å². The van der Waals surface area contributed by atoms with E-state index in [0.717, 1.165) is 40.9 Å². The quantitative estimate of drug-likeness (QED) is 0.731. The fourth-order valence-corrected chi connectivity index (χ4v) is 3.53. The minimum Gasteiger partial charge on any atom is -0.493 e. The van der Waals surface area contributed by atoms with Crippen LogP contribution in [0.1, 0.15) is 36.7 Å². The molecule has 3 aromatic rings. The van der Waals surface area contributed by atoms with Gasteiger partial charge in [-0.05, 0) is 53.8 Å². The maximum atomic E-state index is 13.7. The van der Waals surface area contributed by atoms with Gasteiger partial charge in [0, 0.05) is 23.1 Å². The number of ether oxygens (including phenoxy) is 1. The van der Waals surface area contributed by atoms with Crippen LogP contribution >= 0.6 is 0 Å².